The molecule has 0 atom stereocenters. The van der Waals surface area contributed by atoms with Crippen LogP contribution in [-0.4, -0.2) is 40.6 Å². The van der Waals surface area contributed by atoms with Crippen molar-refractivity contribution in [3.8, 4) is 28.6 Å². The Morgan fingerprint density at radius 3 is 2.35 bits per heavy atom. The predicted octanol–water partition coefficient (Wildman–Crippen LogP) is 5.22. The van der Waals surface area contributed by atoms with Crippen molar-refractivity contribution in [1.29, 1.82) is 0 Å². The second-order valence-electron chi connectivity index (χ2n) is 8.32. The summed E-state index contributed by atoms with van der Waals surface area (Å²) in [6.07, 6.45) is -3.19. The molecule has 10 heteroatoms. The molecule has 0 unspecified atom stereocenters. The maximum absolute atomic E-state index is 13.4. The summed E-state index contributed by atoms with van der Waals surface area (Å²) in [4.78, 5) is 4.06. The van der Waals surface area contributed by atoms with Gasteiger partial charge in [-0.05, 0) is 63.7 Å². The number of nitrogens with zero attached hydrogens (tertiary/aromatic N) is 3. The van der Waals surface area contributed by atoms with Crippen molar-refractivity contribution in [2.75, 3.05) is 20.3 Å². The van der Waals surface area contributed by atoms with Crippen LogP contribution in [0.25, 0.3) is 16.9 Å². The summed E-state index contributed by atoms with van der Waals surface area (Å²) in [5.41, 5.74) is -0.168. The molecule has 0 bridgehead atoms. The van der Waals surface area contributed by atoms with Gasteiger partial charge >= 0.3 is 6.18 Å². The Morgan fingerprint density at radius 1 is 1.09 bits per heavy atom. The molecule has 0 aliphatic carbocycles. The SMILES string of the molecule is C=C(NCCOc1ccc(-c2cc(C(F)(F)F)nn2-c2ccc(OC)nc2)cc1)OC(C)(C)C. The number of rotatable bonds is 9. The maximum atomic E-state index is 13.4. The fraction of sp³-hybridized carbons (Fsp3) is 0.333. The van der Waals surface area contributed by atoms with Crippen molar-refractivity contribution in [3.05, 3.63) is 66.8 Å². The van der Waals surface area contributed by atoms with Crippen LogP contribution in [0.5, 0.6) is 11.6 Å². The Morgan fingerprint density at radius 2 is 1.79 bits per heavy atom. The second-order valence-corrected chi connectivity index (χ2v) is 8.32. The first kappa shape index (κ1) is 24.9. The molecule has 3 rings (SSSR count). The molecular formula is C24H27F3N4O3. The maximum Gasteiger partial charge on any atom is 0.435 e. The van der Waals surface area contributed by atoms with Crippen LogP contribution in [0.1, 0.15) is 26.5 Å². The van der Waals surface area contributed by atoms with Gasteiger partial charge in [0.2, 0.25) is 5.88 Å². The van der Waals surface area contributed by atoms with E-state index in [0.29, 0.717) is 41.9 Å². The van der Waals surface area contributed by atoms with E-state index in [1.165, 1.54) is 18.0 Å². The second kappa shape index (κ2) is 10.1. The number of methoxy groups -OCH3 is 1. The summed E-state index contributed by atoms with van der Waals surface area (Å²) in [7, 11) is 1.46. The molecule has 2 heterocycles. The summed E-state index contributed by atoms with van der Waals surface area (Å²) in [5, 5.41) is 6.78. The van der Waals surface area contributed by atoms with Gasteiger partial charge in [0.05, 0.1) is 31.2 Å². The van der Waals surface area contributed by atoms with Gasteiger partial charge in [0, 0.05) is 11.6 Å². The molecule has 1 aromatic carbocycles. The number of pyridine rings is 1. The molecule has 34 heavy (non-hydrogen) atoms. The van der Waals surface area contributed by atoms with Crippen LogP contribution in [-0.2, 0) is 10.9 Å². The number of aromatic nitrogens is 3. The van der Waals surface area contributed by atoms with Gasteiger partial charge in [-0.3, -0.25) is 0 Å². The molecule has 0 saturated heterocycles. The van der Waals surface area contributed by atoms with Gasteiger partial charge in [-0.25, -0.2) is 9.67 Å². The first-order valence-electron chi connectivity index (χ1n) is 10.5. The fourth-order valence-corrected chi connectivity index (χ4v) is 3.03. The number of nitrogens with one attached hydrogen (secondary N) is 1. The van der Waals surface area contributed by atoms with Crippen LogP contribution in [0.15, 0.2) is 61.1 Å². The highest BCUT2D eigenvalue weighted by atomic mass is 19.4. The lowest BCUT2D eigenvalue weighted by Gasteiger charge is -2.23. The van der Waals surface area contributed by atoms with Crippen molar-refractivity contribution < 1.29 is 27.4 Å². The van der Waals surface area contributed by atoms with Crippen molar-refractivity contribution in [2.45, 2.75) is 32.5 Å². The van der Waals surface area contributed by atoms with E-state index in [2.05, 4.69) is 22.0 Å². The number of alkyl halides is 3. The Balaban J connectivity index is 1.73. The molecule has 7 nitrogen and oxygen atoms in total. The van der Waals surface area contributed by atoms with Crippen molar-refractivity contribution >= 4 is 0 Å². The minimum Gasteiger partial charge on any atom is -0.492 e. The molecule has 1 N–H and O–H groups in total. The van der Waals surface area contributed by atoms with Crippen LogP contribution in [0.2, 0.25) is 0 Å². The van der Waals surface area contributed by atoms with Gasteiger partial charge in [0.1, 0.15) is 18.0 Å². The van der Waals surface area contributed by atoms with Gasteiger partial charge < -0.3 is 19.5 Å². The van der Waals surface area contributed by atoms with E-state index in [4.69, 9.17) is 14.2 Å². The lowest BCUT2D eigenvalue weighted by Crippen LogP contribution is -2.27. The molecule has 0 aliphatic heterocycles. The minimum absolute atomic E-state index is 0.267. The highest BCUT2D eigenvalue weighted by Crippen LogP contribution is 2.33. The molecule has 2 aromatic heterocycles. The van der Waals surface area contributed by atoms with Crippen LogP contribution in [0, 0.1) is 0 Å². The smallest absolute Gasteiger partial charge is 0.435 e. The summed E-state index contributed by atoms with van der Waals surface area (Å²) >= 11 is 0. The summed E-state index contributed by atoms with van der Waals surface area (Å²) in [6, 6.07) is 10.9. The fourth-order valence-electron chi connectivity index (χ4n) is 3.03. The third-order valence-corrected chi connectivity index (χ3v) is 4.45. The zero-order valence-corrected chi connectivity index (χ0v) is 19.4. The minimum atomic E-state index is -4.59. The van der Waals surface area contributed by atoms with E-state index in [9.17, 15) is 13.2 Å². The lowest BCUT2D eigenvalue weighted by molar-refractivity contribution is -0.141. The molecule has 182 valence electrons. The first-order chi connectivity index (χ1) is 16.0. The molecule has 0 amide bonds. The van der Waals surface area contributed by atoms with E-state index in [1.807, 2.05) is 20.8 Å². The molecule has 0 aliphatic rings. The van der Waals surface area contributed by atoms with E-state index >= 15 is 0 Å². The van der Waals surface area contributed by atoms with Gasteiger partial charge in [-0.15, -0.1) is 0 Å². The topological polar surface area (TPSA) is 70.4 Å². The highest BCUT2D eigenvalue weighted by Gasteiger charge is 2.35. The van der Waals surface area contributed by atoms with E-state index < -0.39 is 11.9 Å². The van der Waals surface area contributed by atoms with Crippen molar-refractivity contribution in [2.24, 2.45) is 0 Å². The highest BCUT2D eigenvalue weighted by molar-refractivity contribution is 5.63. The molecule has 0 fully saturated rings. The predicted molar refractivity (Wildman–Crippen MR) is 122 cm³/mol. The molecule has 3 aromatic rings. The number of hydrogen-bond donors (Lipinski definition) is 1. The van der Waals surface area contributed by atoms with Crippen molar-refractivity contribution in [3.63, 3.8) is 0 Å². The quantitative estimate of drug-likeness (QED) is 0.338. The van der Waals surface area contributed by atoms with Crippen LogP contribution in [0.3, 0.4) is 0 Å². The monoisotopic (exact) mass is 476 g/mol. The zero-order chi connectivity index (χ0) is 24.9. The lowest BCUT2D eigenvalue weighted by atomic mass is 10.1. The van der Waals surface area contributed by atoms with Crippen LogP contribution >= 0.6 is 0 Å². The molecule has 0 saturated carbocycles. The van der Waals surface area contributed by atoms with Gasteiger partial charge in [-0.1, -0.05) is 0 Å². The zero-order valence-electron chi connectivity index (χ0n) is 19.4. The van der Waals surface area contributed by atoms with Gasteiger partial charge in [0.15, 0.2) is 11.6 Å². The van der Waals surface area contributed by atoms with E-state index in [-0.39, 0.29) is 11.3 Å². The average molecular weight is 476 g/mol. The largest absolute Gasteiger partial charge is 0.492 e. The number of hydrogen-bond acceptors (Lipinski definition) is 6. The third kappa shape index (κ3) is 6.66. The van der Waals surface area contributed by atoms with Gasteiger partial charge in [0.25, 0.3) is 0 Å². The summed E-state index contributed by atoms with van der Waals surface area (Å²) in [6.45, 7) is 10.4. The Labute approximate surface area is 196 Å². The third-order valence-electron chi connectivity index (χ3n) is 4.45. The average Bonchev–Trinajstić information content (AvgIpc) is 3.22. The Hall–Kier alpha value is -3.69. The summed E-state index contributed by atoms with van der Waals surface area (Å²) < 4.78 is 57.6. The van der Waals surface area contributed by atoms with Crippen molar-refractivity contribution in [1.82, 2.24) is 20.1 Å². The number of benzene rings is 1. The summed E-state index contributed by atoms with van der Waals surface area (Å²) in [5.74, 6) is 1.37. The molecular weight excluding hydrogens is 449 g/mol. The van der Waals surface area contributed by atoms with E-state index in [1.54, 1.807) is 36.4 Å². The Kier molecular flexibility index (Phi) is 7.38. The van der Waals surface area contributed by atoms with Crippen LogP contribution < -0.4 is 14.8 Å². The first-order valence-corrected chi connectivity index (χ1v) is 10.5. The van der Waals surface area contributed by atoms with Gasteiger partial charge in [-0.2, -0.15) is 18.3 Å². The number of halogens is 3. The number of ether oxygens (including phenoxy) is 3. The normalized spacial score (nSPS) is 11.7. The van der Waals surface area contributed by atoms with Crippen LogP contribution in [0.4, 0.5) is 13.2 Å². The standard InChI is InChI=1S/C24H27F3N4O3/c1-16(34-23(2,3)4)28-12-13-33-19-9-6-17(7-10-19)20-14-21(24(25,26)27)30-31(20)18-8-11-22(32-5)29-15-18/h6-11,14-15,28H,1,12-13H2,2-5H3. The van der Waals surface area contributed by atoms with E-state index in [0.717, 1.165) is 6.07 Å². The Bertz CT molecular complexity index is 1100. The molecule has 0 spiro atoms. The molecule has 0 radical (unpaired) electrons.